The predicted octanol–water partition coefficient (Wildman–Crippen LogP) is 2.05. The number of carbonyl (C=O) groups is 1. The van der Waals surface area contributed by atoms with Gasteiger partial charge in [0, 0.05) is 6.54 Å². The number of halogens is 1. The van der Waals surface area contributed by atoms with Gasteiger partial charge in [-0.1, -0.05) is 23.7 Å². The number of H-pyrrole nitrogens is 1. The number of aromatic nitrogens is 3. The van der Waals surface area contributed by atoms with Gasteiger partial charge < -0.3 is 10.1 Å². The summed E-state index contributed by atoms with van der Waals surface area (Å²) in [6.07, 6.45) is 1.97. The van der Waals surface area contributed by atoms with Gasteiger partial charge in [-0.05, 0) is 18.6 Å². The van der Waals surface area contributed by atoms with Crippen LogP contribution in [0.3, 0.4) is 0 Å². The van der Waals surface area contributed by atoms with Crippen molar-refractivity contribution in [3.05, 3.63) is 35.6 Å². The predicted molar refractivity (Wildman–Crippen MR) is 75.0 cm³/mol. The molecule has 0 aliphatic heterocycles. The summed E-state index contributed by atoms with van der Waals surface area (Å²) in [6, 6.07) is 6.90. The SMILES string of the molecule is O=C(NCCCOc1ccccc1Cl)Nc1ncn[nH]1. The third-order valence-corrected chi connectivity index (χ3v) is 2.66. The highest BCUT2D eigenvalue weighted by Crippen LogP contribution is 2.22. The quantitative estimate of drug-likeness (QED) is 0.711. The molecule has 8 heteroatoms. The maximum Gasteiger partial charge on any atom is 0.321 e. The molecule has 0 radical (unpaired) electrons. The second-order valence-corrected chi connectivity index (χ2v) is 4.25. The molecule has 0 atom stereocenters. The molecule has 0 aliphatic carbocycles. The van der Waals surface area contributed by atoms with Crippen molar-refractivity contribution < 1.29 is 9.53 Å². The van der Waals surface area contributed by atoms with Crippen molar-refractivity contribution in [3.63, 3.8) is 0 Å². The minimum absolute atomic E-state index is 0.301. The topological polar surface area (TPSA) is 91.9 Å². The lowest BCUT2D eigenvalue weighted by Gasteiger charge is -2.08. The van der Waals surface area contributed by atoms with Crippen molar-refractivity contribution in [2.45, 2.75) is 6.42 Å². The summed E-state index contributed by atoms with van der Waals surface area (Å²) in [4.78, 5) is 15.2. The van der Waals surface area contributed by atoms with E-state index in [1.807, 2.05) is 12.1 Å². The lowest BCUT2D eigenvalue weighted by molar-refractivity contribution is 0.250. The van der Waals surface area contributed by atoms with Gasteiger partial charge in [0.15, 0.2) is 0 Å². The average molecular weight is 296 g/mol. The molecular formula is C12H14ClN5O2. The van der Waals surface area contributed by atoms with Gasteiger partial charge in [0.2, 0.25) is 5.95 Å². The van der Waals surface area contributed by atoms with E-state index in [-0.39, 0.29) is 6.03 Å². The van der Waals surface area contributed by atoms with Crippen molar-refractivity contribution in [1.29, 1.82) is 0 Å². The number of rotatable bonds is 6. The first-order valence-electron chi connectivity index (χ1n) is 6.03. The fourth-order valence-corrected chi connectivity index (χ4v) is 1.63. The molecule has 1 aromatic carbocycles. The summed E-state index contributed by atoms with van der Waals surface area (Å²) in [5.74, 6) is 0.940. The van der Waals surface area contributed by atoms with Crippen molar-refractivity contribution in [1.82, 2.24) is 20.5 Å². The summed E-state index contributed by atoms with van der Waals surface area (Å²) in [5.41, 5.74) is 0. The van der Waals surface area contributed by atoms with Crippen LogP contribution in [0, 0.1) is 0 Å². The summed E-state index contributed by atoms with van der Waals surface area (Å²) in [7, 11) is 0. The highest BCUT2D eigenvalue weighted by atomic mass is 35.5. The van der Waals surface area contributed by atoms with Gasteiger partial charge in [-0.25, -0.2) is 9.89 Å². The van der Waals surface area contributed by atoms with E-state index in [0.29, 0.717) is 36.3 Å². The van der Waals surface area contributed by atoms with Crippen LogP contribution in [-0.4, -0.2) is 34.4 Å². The highest BCUT2D eigenvalue weighted by Gasteiger charge is 2.03. The maximum atomic E-state index is 11.4. The van der Waals surface area contributed by atoms with Crippen LogP contribution in [0.1, 0.15) is 6.42 Å². The van der Waals surface area contributed by atoms with Crippen LogP contribution in [0.5, 0.6) is 5.75 Å². The lowest BCUT2D eigenvalue weighted by atomic mass is 10.3. The van der Waals surface area contributed by atoms with Crippen LogP contribution < -0.4 is 15.4 Å². The van der Waals surface area contributed by atoms with E-state index in [4.69, 9.17) is 16.3 Å². The van der Waals surface area contributed by atoms with Gasteiger partial charge in [0.25, 0.3) is 0 Å². The Hall–Kier alpha value is -2.28. The van der Waals surface area contributed by atoms with Gasteiger partial charge in [0.05, 0.1) is 11.6 Å². The number of benzene rings is 1. The van der Waals surface area contributed by atoms with E-state index < -0.39 is 0 Å². The van der Waals surface area contributed by atoms with Crippen LogP contribution in [0.15, 0.2) is 30.6 Å². The number of nitrogens with zero attached hydrogens (tertiary/aromatic N) is 2. The largest absolute Gasteiger partial charge is 0.492 e. The molecule has 106 valence electrons. The Labute approximate surface area is 120 Å². The van der Waals surface area contributed by atoms with E-state index in [0.717, 1.165) is 0 Å². The number of aromatic amines is 1. The van der Waals surface area contributed by atoms with Gasteiger partial charge >= 0.3 is 6.03 Å². The molecule has 0 aliphatic rings. The van der Waals surface area contributed by atoms with Gasteiger partial charge in [-0.15, -0.1) is 0 Å². The first kappa shape index (κ1) is 14.1. The molecule has 0 saturated heterocycles. The third kappa shape index (κ3) is 4.43. The zero-order valence-corrected chi connectivity index (χ0v) is 11.4. The number of amides is 2. The molecular weight excluding hydrogens is 282 g/mol. The molecule has 0 bridgehead atoms. The van der Waals surface area contributed by atoms with Crippen molar-refractivity contribution in [2.75, 3.05) is 18.5 Å². The summed E-state index contributed by atoms with van der Waals surface area (Å²) >= 11 is 5.95. The molecule has 0 unspecified atom stereocenters. The van der Waals surface area contributed by atoms with Crippen LogP contribution in [0.4, 0.5) is 10.7 Å². The number of urea groups is 1. The van der Waals surface area contributed by atoms with Crippen LogP contribution in [0.25, 0.3) is 0 Å². The first-order valence-corrected chi connectivity index (χ1v) is 6.41. The van der Waals surface area contributed by atoms with E-state index in [1.54, 1.807) is 12.1 Å². The van der Waals surface area contributed by atoms with E-state index >= 15 is 0 Å². The highest BCUT2D eigenvalue weighted by molar-refractivity contribution is 6.32. The fraction of sp³-hybridized carbons (Fsp3) is 0.250. The first-order chi connectivity index (χ1) is 9.75. The number of anilines is 1. The van der Waals surface area contributed by atoms with Crippen LogP contribution in [-0.2, 0) is 0 Å². The van der Waals surface area contributed by atoms with Gasteiger partial charge in [-0.2, -0.15) is 10.1 Å². The molecule has 20 heavy (non-hydrogen) atoms. The third-order valence-electron chi connectivity index (χ3n) is 2.35. The molecule has 7 nitrogen and oxygen atoms in total. The Bertz CT molecular complexity index is 547. The van der Waals surface area contributed by atoms with Gasteiger partial charge in [-0.3, -0.25) is 5.32 Å². The Morgan fingerprint density at radius 2 is 2.25 bits per heavy atom. The van der Waals surface area contributed by atoms with E-state index in [1.165, 1.54) is 6.33 Å². The second kappa shape index (κ2) is 7.34. The Morgan fingerprint density at radius 1 is 1.40 bits per heavy atom. The number of ether oxygens (including phenoxy) is 1. The molecule has 0 spiro atoms. The van der Waals surface area contributed by atoms with Crippen LogP contribution in [0.2, 0.25) is 5.02 Å². The minimum atomic E-state index is -0.348. The Kier molecular flexibility index (Phi) is 5.19. The monoisotopic (exact) mass is 295 g/mol. The molecule has 0 saturated carbocycles. The van der Waals surface area contributed by atoms with Crippen LogP contribution >= 0.6 is 11.6 Å². The molecule has 2 amide bonds. The lowest BCUT2D eigenvalue weighted by Crippen LogP contribution is -2.30. The Morgan fingerprint density at radius 3 is 3.00 bits per heavy atom. The summed E-state index contributed by atoms with van der Waals surface area (Å²) < 4.78 is 5.49. The van der Waals surface area contributed by atoms with Crippen molar-refractivity contribution >= 4 is 23.6 Å². The smallest absolute Gasteiger partial charge is 0.321 e. The number of nitrogens with one attached hydrogen (secondary N) is 3. The zero-order valence-electron chi connectivity index (χ0n) is 10.6. The second-order valence-electron chi connectivity index (χ2n) is 3.85. The molecule has 2 rings (SSSR count). The van der Waals surface area contributed by atoms with Gasteiger partial charge in [0.1, 0.15) is 12.1 Å². The zero-order chi connectivity index (χ0) is 14.2. The molecule has 0 fully saturated rings. The maximum absolute atomic E-state index is 11.4. The Balaban J connectivity index is 1.60. The number of hydrogen-bond donors (Lipinski definition) is 3. The summed E-state index contributed by atoms with van der Waals surface area (Å²) in [6.45, 7) is 0.941. The van der Waals surface area contributed by atoms with Crippen molar-refractivity contribution in [2.24, 2.45) is 0 Å². The fourth-order valence-electron chi connectivity index (χ4n) is 1.44. The van der Waals surface area contributed by atoms with E-state index in [9.17, 15) is 4.79 Å². The normalized spacial score (nSPS) is 10.1. The number of hydrogen-bond acceptors (Lipinski definition) is 4. The molecule has 3 N–H and O–H groups in total. The summed E-state index contributed by atoms with van der Waals surface area (Å²) in [5, 5.41) is 11.9. The molecule has 1 heterocycles. The molecule has 1 aromatic heterocycles. The molecule has 2 aromatic rings. The average Bonchev–Trinajstić information content (AvgIpc) is 2.93. The number of carbonyl (C=O) groups excluding carboxylic acids is 1. The van der Waals surface area contributed by atoms with E-state index in [2.05, 4.69) is 25.8 Å². The number of para-hydroxylation sites is 1. The van der Waals surface area contributed by atoms with Crippen molar-refractivity contribution in [3.8, 4) is 5.75 Å². The minimum Gasteiger partial charge on any atom is -0.492 e. The standard InChI is InChI=1S/C12H14ClN5O2/c13-9-4-1-2-5-10(9)20-7-3-6-14-12(19)17-11-15-8-16-18-11/h1-2,4-5,8H,3,6-7H2,(H3,14,15,16,17,18,19).